The van der Waals surface area contributed by atoms with E-state index in [4.69, 9.17) is 23.2 Å². The van der Waals surface area contributed by atoms with E-state index in [0.29, 0.717) is 16.5 Å². The lowest BCUT2D eigenvalue weighted by molar-refractivity contribution is -0.137. The number of hydrogen-bond acceptors (Lipinski definition) is 6. The predicted molar refractivity (Wildman–Crippen MR) is 143 cm³/mol. The summed E-state index contributed by atoms with van der Waals surface area (Å²) in [6.45, 7) is 0. The fourth-order valence-electron chi connectivity index (χ4n) is 3.29. The van der Waals surface area contributed by atoms with Gasteiger partial charge < -0.3 is 5.32 Å². The fraction of sp³-hybridized carbons (Fsp3) is 0.0800. The molecule has 0 saturated heterocycles. The Labute approximate surface area is 234 Å². The summed E-state index contributed by atoms with van der Waals surface area (Å²) < 4.78 is 39.2. The minimum atomic E-state index is -4.65. The Bertz CT molecular complexity index is 1530. The molecule has 0 atom stereocenters. The molecule has 0 aliphatic carbocycles. The average molecular weight is 593 g/mol. The van der Waals surface area contributed by atoms with Gasteiger partial charge in [-0.25, -0.2) is 10.4 Å². The van der Waals surface area contributed by atoms with Gasteiger partial charge in [-0.3, -0.25) is 14.7 Å². The van der Waals surface area contributed by atoms with Crippen LogP contribution in [0.4, 0.5) is 18.9 Å². The number of anilines is 1. The number of benzene rings is 3. The molecule has 0 bridgehead atoms. The molecule has 2 amide bonds. The maximum Gasteiger partial charge on any atom is 0.417 e. The van der Waals surface area contributed by atoms with E-state index in [-0.39, 0.29) is 21.8 Å². The molecule has 4 aromatic rings. The van der Waals surface area contributed by atoms with Crippen molar-refractivity contribution >= 4 is 58.7 Å². The van der Waals surface area contributed by atoms with Crippen molar-refractivity contribution in [2.45, 2.75) is 17.1 Å². The third-order valence-corrected chi connectivity index (χ3v) is 6.62. The molecule has 8 nitrogen and oxygen atoms in total. The topological polar surface area (TPSA) is 112 Å². The second-order valence-corrected chi connectivity index (χ2v) is 9.67. The first-order valence-corrected chi connectivity index (χ1v) is 12.7. The summed E-state index contributed by atoms with van der Waals surface area (Å²) in [5, 5.41) is 13.4. The molecule has 0 unspecified atom stereocenters. The van der Waals surface area contributed by atoms with Crippen molar-refractivity contribution in [2.24, 2.45) is 5.10 Å². The predicted octanol–water partition coefficient (Wildman–Crippen LogP) is 6.44. The Morgan fingerprint density at radius 3 is 2.62 bits per heavy atom. The van der Waals surface area contributed by atoms with Crippen molar-refractivity contribution in [1.82, 2.24) is 20.6 Å². The lowest BCUT2D eigenvalue weighted by Gasteiger charge is -2.11. The number of aromatic amines is 1. The molecule has 14 heteroatoms. The number of rotatable bonds is 8. The monoisotopic (exact) mass is 592 g/mol. The van der Waals surface area contributed by atoms with Gasteiger partial charge in [-0.1, -0.05) is 53.2 Å². The van der Waals surface area contributed by atoms with Crippen LogP contribution in [0.5, 0.6) is 0 Å². The molecular weight excluding hydrogens is 576 g/mol. The number of carbonyl (C=O) groups is 2. The first-order valence-electron chi connectivity index (χ1n) is 11.0. The Balaban J connectivity index is 1.45. The van der Waals surface area contributed by atoms with E-state index >= 15 is 0 Å². The van der Waals surface area contributed by atoms with E-state index in [9.17, 15) is 22.8 Å². The van der Waals surface area contributed by atoms with E-state index in [1.165, 1.54) is 42.4 Å². The van der Waals surface area contributed by atoms with E-state index < -0.39 is 28.6 Å². The van der Waals surface area contributed by atoms with Crippen LogP contribution in [-0.4, -0.2) is 33.2 Å². The largest absolute Gasteiger partial charge is 0.417 e. The van der Waals surface area contributed by atoms with Crippen LogP contribution in [0.15, 0.2) is 77.2 Å². The number of hydrazone groups is 1. The zero-order valence-electron chi connectivity index (χ0n) is 19.6. The highest BCUT2D eigenvalue weighted by Crippen LogP contribution is 2.34. The summed E-state index contributed by atoms with van der Waals surface area (Å²) in [6.07, 6.45) is -2.21. The first kappa shape index (κ1) is 28.1. The van der Waals surface area contributed by atoms with Gasteiger partial charge in [0.15, 0.2) is 5.16 Å². The Morgan fingerprint density at radius 2 is 1.87 bits per heavy atom. The van der Waals surface area contributed by atoms with E-state index in [1.54, 1.807) is 18.2 Å². The normalized spacial score (nSPS) is 11.5. The first-order chi connectivity index (χ1) is 18.6. The van der Waals surface area contributed by atoms with Gasteiger partial charge in [-0.15, -0.1) is 0 Å². The Kier molecular flexibility index (Phi) is 8.90. The number of amides is 2. The van der Waals surface area contributed by atoms with Gasteiger partial charge in [0.05, 0.1) is 28.1 Å². The second kappa shape index (κ2) is 12.3. The maximum absolute atomic E-state index is 13.1. The number of nitrogens with one attached hydrogen (secondary N) is 3. The quantitative estimate of drug-likeness (QED) is 0.124. The number of carbonyl (C=O) groups excluding carboxylic acids is 2. The van der Waals surface area contributed by atoms with Crippen LogP contribution in [0.1, 0.15) is 37.4 Å². The molecule has 3 aromatic carbocycles. The van der Waals surface area contributed by atoms with E-state index in [0.717, 1.165) is 23.9 Å². The third-order valence-electron chi connectivity index (χ3n) is 5.11. The van der Waals surface area contributed by atoms with Gasteiger partial charge in [-0.2, -0.15) is 23.4 Å². The third kappa shape index (κ3) is 7.59. The molecule has 200 valence electrons. The van der Waals surface area contributed by atoms with Crippen molar-refractivity contribution < 1.29 is 22.8 Å². The fourth-order valence-corrected chi connectivity index (χ4v) is 4.41. The molecule has 1 aromatic heterocycles. The van der Waals surface area contributed by atoms with Gasteiger partial charge in [0.1, 0.15) is 6.33 Å². The molecular formula is C25H17Cl2F3N6O2S. The highest BCUT2D eigenvalue weighted by atomic mass is 35.5. The minimum absolute atomic E-state index is 0.00267. The second-order valence-electron chi connectivity index (χ2n) is 7.86. The van der Waals surface area contributed by atoms with Crippen LogP contribution in [0, 0.1) is 0 Å². The van der Waals surface area contributed by atoms with Crippen LogP contribution < -0.4 is 10.7 Å². The van der Waals surface area contributed by atoms with Gasteiger partial charge in [0.2, 0.25) is 0 Å². The number of halogens is 5. The van der Waals surface area contributed by atoms with Crippen LogP contribution in [0.3, 0.4) is 0 Å². The summed E-state index contributed by atoms with van der Waals surface area (Å²) >= 11 is 13.1. The number of alkyl halides is 3. The molecule has 0 spiro atoms. The van der Waals surface area contributed by atoms with Crippen LogP contribution in [-0.2, 0) is 11.9 Å². The Hall–Kier alpha value is -3.87. The van der Waals surface area contributed by atoms with Gasteiger partial charge in [0, 0.05) is 16.3 Å². The molecule has 3 N–H and O–H groups in total. The van der Waals surface area contributed by atoms with Crippen molar-refractivity contribution in [3.05, 3.63) is 105 Å². The molecule has 1 heterocycles. The number of hydrogen-bond donors (Lipinski definition) is 3. The summed E-state index contributed by atoms with van der Waals surface area (Å²) in [4.78, 5) is 29.8. The molecule has 0 radical (unpaired) electrons. The summed E-state index contributed by atoms with van der Waals surface area (Å²) in [5.74, 6) is -0.672. The van der Waals surface area contributed by atoms with Crippen molar-refractivity contribution in [1.29, 1.82) is 0 Å². The number of aromatic nitrogens is 3. The molecule has 0 aliphatic rings. The molecule has 0 fully saturated rings. The zero-order valence-corrected chi connectivity index (χ0v) is 21.9. The standard InChI is InChI=1S/C25H17Cl2F3N6O2S/c26-17-5-7-21(34-22(37)16-3-1-2-15(8-16)12-39-24-31-13-33-36-24)18(10-17)23(38)35-32-11-14-4-6-20(27)19(9-14)25(28,29)30/h1-11,13H,12H2,(H,34,37)(H,35,38)(H,31,33,36). The highest BCUT2D eigenvalue weighted by molar-refractivity contribution is 7.98. The smallest absolute Gasteiger partial charge is 0.321 e. The highest BCUT2D eigenvalue weighted by Gasteiger charge is 2.33. The van der Waals surface area contributed by atoms with Gasteiger partial charge in [0.25, 0.3) is 11.8 Å². The average Bonchev–Trinajstić information content (AvgIpc) is 3.42. The summed E-state index contributed by atoms with van der Waals surface area (Å²) in [6, 6.07) is 14.4. The van der Waals surface area contributed by atoms with Crippen molar-refractivity contribution in [3.8, 4) is 0 Å². The molecule has 4 rings (SSSR count). The molecule has 0 saturated carbocycles. The van der Waals surface area contributed by atoms with Gasteiger partial charge in [-0.05, 0) is 53.6 Å². The zero-order chi connectivity index (χ0) is 28.0. The summed E-state index contributed by atoms with van der Waals surface area (Å²) in [5.41, 5.74) is 2.64. The molecule has 0 aliphatic heterocycles. The Morgan fingerprint density at radius 1 is 1.05 bits per heavy atom. The van der Waals surface area contributed by atoms with Crippen molar-refractivity contribution in [2.75, 3.05) is 5.32 Å². The SMILES string of the molecule is O=C(Nc1ccc(Cl)cc1C(=O)NN=Cc1ccc(Cl)c(C(F)(F)F)c1)c1cccc(CSc2ncn[nH]2)c1. The lowest BCUT2D eigenvalue weighted by Crippen LogP contribution is -2.21. The summed E-state index contributed by atoms with van der Waals surface area (Å²) in [7, 11) is 0. The number of nitrogens with zero attached hydrogens (tertiary/aromatic N) is 3. The van der Waals surface area contributed by atoms with E-state index in [2.05, 4.69) is 31.0 Å². The minimum Gasteiger partial charge on any atom is -0.321 e. The van der Waals surface area contributed by atoms with Gasteiger partial charge >= 0.3 is 6.18 Å². The van der Waals surface area contributed by atoms with E-state index in [1.807, 2.05) is 6.07 Å². The number of thioether (sulfide) groups is 1. The van der Waals surface area contributed by atoms with Crippen LogP contribution >= 0.6 is 35.0 Å². The maximum atomic E-state index is 13.1. The number of H-pyrrole nitrogens is 1. The van der Waals surface area contributed by atoms with Crippen LogP contribution in [0.2, 0.25) is 10.0 Å². The molecule has 39 heavy (non-hydrogen) atoms. The lowest BCUT2D eigenvalue weighted by atomic mass is 10.1. The van der Waals surface area contributed by atoms with Crippen molar-refractivity contribution in [3.63, 3.8) is 0 Å². The van der Waals surface area contributed by atoms with Crippen LogP contribution in [0.25, 0.3) is 0 Å².